The van der Waals surface area contributed by atoms with E-state index >= 15 is 0 Å². The Morgan fingerprint density at radius 2 is 1.64 bits per heavy atom. The number of hydrogen-bond donors (Lipinski definition) is 1. The first-order valence-electron chi connectivity index (χ1n) is 6.21. The zero-order valence-corrected chi connectivity index (χ0v) is 12.8. The third-order valence-corrected chi connectivity index (χ3v) is 3.23. The van der Waals surface area contributed by atoms with E-state index in [-0.39, 0.29) is 15.8 Å². The summed E-state index contributed by atoms with van der Waals surface area (Å²) in [5.74, 6) is -1.09. The lowest BCUT2D eigenvalue weighted by Crippen LogP contribution is -2.09. The number of esters is 1. The molecule has 0 aromatic heterocycles. The number of hydrogen-bond acceptors (Lipinski definition) is 3. The Morgan fingerprint density at radius 1 is 1.05 bits per heavy atom. The van der Waals surface area contributed by atoms with E-state index in [0.29, 0.717) is 11.1 Å². The molecule has 0 bridgehead atoms. The standard InChI is InChI=1S/C16H11Cl2NO3/c17-12-8-10(6-7-14(19)20)9-13(18)15(12)22-16(21)11-4-2-1-3-5-11/h1-9H,(H2,19,20)/b7-6+. The highest BCUT2D eigenvalue weighted by molar-refractivity contribution is 6.37. The largest absolute Gasteiger partial charge is 0.420 e. The lowest BCUT2D eigenvalue weighted by Gasteiger charge is -2.09. The van der Waals surface area contributed by atoms with Gasteiger partial charge < -0.3 is 10.5 Å². The maximum absolute atomic E-state index is 12.0. The Balaban J connectivity index is 2.25. The van der Waals surface area contributed by atoms with Gasteiger partial charge in [-0.1, -0.05) is 41.4 Å². The van der Waals surface area contributed by atoms with Crippen LogP contribution in [0.2, 0.25) is 10.0 Å². The third kappa shape index (κ3) is 4.10. The molecule has 0 aliphatic heterocycles. The molecule has 22 heavy (non-hydrogen) atoms. The van der Waals surface area contributed by atoms with Crippen molar-refractivity contribution in [2.75, 3.05) is 0 Å². The van der Waals surface area contributed by atoms with Gasteiger partial charge >= 0.3 is 5.97 Å². The molecule has 2 rings (SSSR count). The van der Waals surface area contributed by atoms with Crippen LogP contribution in [-0.4, -0.2) is 11.9 Å². The number of carbonyl (C=O) groups excluding carboxylic acids is 2. The molecule has 0 saturated heterocycles. The first-order valence-corrected chi connectivity index (χ1v) is 6.97. The summed E-state index contributed by atoms with van der Waals surface area (Å²) in [4.78, 5) is 22.7. The van der Waals surface area contributed by atoms with Crippen LogP contribution in [0.3, 0.4) is 0 Å². The number of nitrogens with two attached hydrogens (primary N) is 1. The van der Waals surface area contributed by atoms with Crippen molar-refractivity contribution >= 4 is 41.2 Å². The van der Waals surface area contributed by atoms with E-state index < -0.39 is 11.9 Å². The Morgan fingerprint density at radius 3 is 2.18 bits per heavy atom. The molecule has 0 aliphatic carbocycles. The van der Waals surface area contributed by atoms with Gasteiger partial charge in [-0.2, -0.15) is 0 Å². The number of rotatable bonds is 4. The second-order valence-electron chi connectivity index (χ2n) is 4.30. The highest BCUT2D eigenvalue weighted by Gasteiger charge is 2.14. The zero-order chi connectivity index (χ0) is 16.1. The number of benzene rings is 2. The van der Waals surface area contributed by atoms with Crippen molar-refractivity contribution in [1.82, 2.24) is 0 Å². The summed E-state index contributed by atoms with van der Waals surface area (Å²) in [6, 6.07) is 11.5. The molecule has 0 spiro atoms. The first-order chi connectivity index (χ1) is 10.5. The van der Waals surface area contributed by atoms with E-state index in [1.807, 2.05) is 0 Å². The maximum atomic E-state index is 12.0. The molecule has 0 unspecified atom stereocenters. The van der Waals surface area contributed by atoms with E-state index in [9.17, 15) is 9.59 Å². The van der Waals surface area contributed by atoms with E-state index in [1.54, 1.807) is 30.3 Å². The minimum atomic E-state index is -0.591. The predicted molar refractivity (Wildman–Crippen MR) is 86.1 cm³/mol. The van der Waals surface area contributed by atoms with Gasteiger partial charge in [-0.3, -0.25) is 4.79 Å². The van der Waals surface area contributed by atoms with Crippen molar-refractivity contribution in [3.8, 4) is 5.75 Å². The molecular formula is C16H11Cl2NO3. The van der Waals surface area contributed by atoms with Gasteiger partial charge in [-0.25, -0.2) is 4.79 Å². The molecule has 0 atom stereocenters. The molecule has 2 N–H and O–H groups in total. The second kappa shape index (κ2) is 7.11. The fourth-order valence-corrected chi connectivity index (χ4v) is 2.26. The average Bonchev–Trinajstić information content (AvgIpc) is 2.49. The van der Waals surface area contributed by atoms with E-state index in [0.717, 1.165) is 0 Å². The van der Waals surface area contributed by atoms with Crippen molar-refractivity contribution in [3.05, 3.63) is 69.7 Å². The van der Waals surface area contributed by atoms with Crippen LogP contribution >= 0.6 is 23.2 Å². The molecule has 0 aliphatic rings. The predicted octanol–water partition coefficient (Wildman–Crippen LogP) is 3.71. The molecule has 0 heterocycles. The van der Waals surface area contributed by atoms with Crippen molar-refractivity contribution in [3.63, 3.8) is 0 Å². The summed E-state index contributed by atoms with van der Waals surface area (Å²) in [7, 11) is 0. The van der Waals surface area contributed by atoms with Crippen LogP contribution in [0.15, 0.2) is 48.5 Å². The number of carbonyl (C=O) groups is 2. The van der Waals surface area contributed by atoms with Crippen LogP contribution in [-0.2, 0) is 4.79 Å². The molecule has 112 valence electrons. The molecule has 0 radical (unpaired) electrons. The fourth-order valence-electron chi connectivity index (χ4n) is 1.68. The molecule has 4 nitrogen and oxygen atoms in total. The summed E-state index contributed by atoms with van der Waals surface area (Å²) >= 11 is 12.1. The highest BCUT2D eigenvalue weighted by atomic mass is 35.5. The van der Waals surface area contributed by atoms with Gasteiger partial charge in [0.2, 0.25) is 5.91 Å². The zero-order valence-electron chi connectivity index (χ0n) is 11.3. The molecule has 1 amide bonds. The molecule has 0 fully saturated rings. The lowest BCUT2D eigenvalue weighted by atomic mass is 10.2. The van der Waals surface area contributed by atoms with Crippen LogP contribution in [0, 0.1) is 0 Å². The summed E-state index contributed by atoms with van der Waals surface area (Å²) in [6.45, 7) is 0. The molecule has 2 aromatic rings. The van der Waals surface area contributed by atoms with Crippen molar-refractivity contribution in [2.45, 2.75) is 0 Å². The Bertz CT molecular complexity index is 719. The monoisotopic (exact) mass is 335 g/mol. The second-order valence-corrected chi connectivity index (χ2v) is 5.12. The number of ether oxygens (including phenoxy) is 1. The summed E-state index contributed by atoms with van der Waals surface area (Å²) in [6.07, 6.45) is 2.64. The molecular weight excluding hydrogens is 325 g/mol. The number of primary amides is 1. The van der Waals surface area contributed by atoms with Gasteiger partial charge in [0.1, 0.15) is 0 Å². The third-order valence-electron chi connectivity index (χ3n) is 2.66. The Labute approximate surface area is 137 Å². The van der Waals surface area contributed by atoms with Crippen LogP contribution in [0.5, 0.6) is 5.75 Å². The van der Waals surface area contributed by atoms with Crippen LogP contribution in [0.1, 0.15) is 15.9 Å². The van der Waals surface area contributed by atoms with Gasteiger partial charge in [0, 0.05) is 6.08 Å². The van der Waals surface area contributed by atoms with Crippen LogP contribution in [0.4, 0.5) is 0 Å². The SMILES string of the molecule is NC(=O)/C=C/c1cc(Cl)c(OC(=O)c2ccccc2)c(Cl)c1. The van der Waals surface area contributed by atoms with E-state index in [4.69, 9.17) is 33.7 Å². The lowest BCUT2D eigenvalue weighted by molar-refractivity contribution is -0.113. The molecule has 2 aromatic carbocycles. The fraction of sp³-hybridized carbons (Fsp3) is 0. The average molecular weight is 336 g/mol. The van der Waals surface area contributed by atoms with Crippen molar-refractivity contribution in [2.24, 2.45) is 5.73 Å². The van der Waals surface area contributed by atoms with Gasteiger partial charge in [0.05, 0.1) is 15.6 Å². The van der Waals surface area contributed by atoms with Crippen molar-refractivity contribution in [1.29, 1.82) is 0 Å². The molecule has 6 heteroatoms. The van der Waals surface area contributed by atoms with Crippen molar-refractivity contribution < 1.29 is 14.3 Å². The van der Waals surface area contributed by atoms with E-state index in [1.165, 1.54) is 24.3 Å². The maximum Gasteiger partial charge on any atom is 0.343 e. The van der Waals surface area contributed by atoms with Gasteiger partial charge in [0.25, 0.3) is 0 Å². The first kappa shape index (κ1) is 16.1. The van der Waals surface area contributed by atoms with Gasteiger partial charge in [-0.05, 0) is 35.9 Å². The molecule has 0 saturated carbocycles. The smallest absolute Gasteiger partial charge is 0.343 e. The number of amides is 1. The summed E-state index contributed by atoms with van der Waals surface area (Å²) in [5.41, 5.74) is 5.96. The van der Waals surface area contributed by atoms with E-state index in [2.05, 4.69) is 0 Å². The topological polar surface area (TPSA) is 69.4 Å². The Hall–Kier alpha value is -2.30. The Kier molecular flexibility index (Phi) is 5.20. The summed E-state index contributed by atoms with van der Waals surface area (Å²) < 4.78 is 5.22. The summed E-state index contributed by atoms with van der Waals surface area (Å²) in [5, 5.41) is 0.307. The number of halogens is 2. The van der Waals surface area contributed by atoms with Crippen LogP contribution in [0.25, 0.3) is 6.08 Å². The normalized spacial score (nSPS) is 10.6. The minimum absolute atomic E-state index is 0.0633. The van der Waals surface area contributed by atoms with Crippen LogP contribution < -0.4 is 10.5 Å². The minimum Gasteiger partial charge on any atom is -0.420 e. The quantitative estimate of drug-likeness (QED) is 0.526. The highest BCUT2D eigenvalue weighted by Crippen LogP contribution is 2.35. The van der Waals surface area contributed by atoms with Gasteiger partial charge in [-0.15, -0.1) is 0 Å². The van der Waals surface area contributed by atoms with Gasteiger partial charge in [0.15, 0.2) is 5.75 Å².